The highest BCUT2D eigenvalue weighted by atomic mass is 14.7. The Morgan fingerprint density at radius 3 is 2.62 bits per heavy atom. The molecular formula is C11H12N2. The van der Waals surface area contributed by atoms with E-state index in [2.05, 4.69) is 29.9 Å². The Morgan fingerprint density at radius 1 is 1.23 bits per heavy atom. The third-order valence-corrected chi connectivity index (χ3v) is 2.09. The Hall–Kier alpha value is -1.57. The van der Waals surface area contributed by atoms with Gasteiger partial charge in [-0.1, -0.05) is 6.07 Å². The van der Waals surface area contributed by atoms with E-state index in [0.29, 0.717) is 0 Å². The molecule has 0 amide bonds. The van der Waals surface area contributed by atoms with E-state index in [1.165, 1.54) is 17.0 Å². The van der Waals surface area contributed by atoms with Gasteiger partial charge in [-0.15, -0.1) is 0 Å². The molecule has 2 nitrogen and oxygen atoms in total. The molecule has 0 spiro atoms. The fraction of sp³-hybridized carbons (Fsp3) is 0.182. The summed E-state index contributed by atoms with van der Waals surface area (Å²) in [4.78, 5) is 7.57. The van der Waals surface area contributed by atoms with Crippen molar-refractivity contribution in [2.75, 3.05) is 0 Å². The van der Waals surface area contributed by atoms with Crippen molar-refractivity contribution in [2.45, 2.75) is 13.8 Å². The average molecular weight is 172 g/mol. The van der Waals surface area contributed by atoms with E-state index in [-0.39, 0.29) is 0 Å². The van der Waals surface area contributed by atoms with Crippen LogP contribution in [0.15, 0.2) is 30.5 Å². The molecule has 2 heterocycles. The van der Waals surface area contributed by atoms with Crippen molar-refractivity contribution < 1.29 is 0 Å². The van der Waals surface area contributed by atoms with Crippen LogP contribution in [0.4, 0.5) is 0 Å². The van der Waals surface area contributed by atoms with Gasteiger partial charge in [-0.25, -0.2) is 0 Å². The lowest BCUT2D eigenvalue weighted by molar-refractivity contribution is 1.19. The lowest BCUT2D eigenvalue weighted by Crippen LogP contribution is -1.81. The van der Waals surface area contributed by atoms with Gasteiger partial charge in [0, 0.05) is 23.1 Å². The highest BCUT2D eigenvalue weighted by molar-refractivity contribution is 5.62. The van der Waals surface area contributed by atoms with Crippen molar-refractivity contribution in [1.29, 1.82) is 0 Å². The molecule has 2 heteroatoms. The first-order chi connectivity index (χ1) is 6.27. The SMILES string of the molecule is Cc1cc(-c2ccccn2)c(C)[nH]1. The number of nitrogens with one attached hydrogen (secondary N) is 1. The number of aryl methyl sites for hydroxylation is 2. The van der Waals surface area contributed by atoms with Crippen LogP contribution in [0.3, 0.4) is 0 Å². The molecule has 0 bridgehead atoms. The van der Waals surface area contributed by atoms with Gasteiger partial charge in [-0.05, 0) is 32.0 Å². The molecule has 2 aromatic rings. The fourth-order valence-corrected chi connectivity index (χ4v) is 1.51. The summed E-state index contributed by atoms with van der Waals surface area (Å²) in [5.41, 5.74) is 4.58. The highest BCUT2D eigenvalue weighted by Crippen LogP contribution is 2.21. The van der Waals surface area contributed by atoms with Gasteiger partial charge in [0.15, 0.2) is 0 Å². The third kappa shape index (κ3) is 1.47. The van der Waals surface area contributed by atoms with Gasteiger partial charge < -0.3 is 4.98 Å². The zero-order chi connectivity index (χ0) is 9.26. The Morgan fingerprint density at radius 2 is 2.08 bits per heavy atom. The zero-order valence-corrected chi connectivity index (χ0v) is 7.83. The molecule has 2 aromatic heterocycles. The molecule has 0 aromatic carbocycles. The lowest BCUT2D eigenvalue weighted by atomic mass is 10.1. The van der Waals surface area contributed by atoms with Crippen LogP contribution < -0.4 is 0 Å². The second kappa shape index (κ2) is 3.05. The number of H-pyrrole nitrogens is 1. The number of hydrogen-bond donors (Lipinski definition) is 1. The first-order valence-corrected chi connectivity index (χ1v) is 4.35. The maximum absolute atomic E-state index is 4.30. The van der Waals surface area contributed by atoms with Crippen LogP contribution in [0.2, 0.25) is 0 Å². The number of pyridine rings is 1. The molecule has 0 saturated carbocycles. The summed E-state index contributed by atoms with van der Waals surface area (Å²) in [6.45, 7) is 4.12. The molecule has 0 saturated heterocycles. The molecule has 0 aliphatic heterocycles. The van der Waals surface area contributed by atoms with Crippen molar-refractivity contribution in [3.05, 3.63) is 41.9 Å². The van der Waals surface area contributed by atoms with Crippen LogP contribution in [-0.2, 0) is 0 Å². The number of nitrogens with zero attached hydrogens (tertiary/aromatic N) is 1. The summed E-state index contributed by atoms with van der Waals surface area (Å²) >= 11 is 0. The molecule has 0 aliphatic carbocycles. The van der Waals surface area contributed by atoms with E-state index in [9.17, 15) is 0 Å². The number of rotatable bonds is 1. The predicted molar refractivity (Wildman–Crippen MR) is 53.5 cm³/mol. The molecule has 66 valence electrons. The summed E-state index contributed by atoms with van der Waals surface area (Å²) in [5.74, 6) is 0. The Bertz CT molecular complexity index is 401. The zero-order valence-electron chi connectivity index (χ0n) is 7.83. The van der Waals surface area contributed by atoms with Crippen LogP contribution in [0.25, 0.3) is 11.3 Å². The van der Waals surface area contributed by atoms with Crippen LogP contribution in [0, 0.1) is 13.8 Å². The van der Waals surface area contributed by atoms with E-state index < -0.39 is 0 Å². The van der Waals surface area contributed by atoms with E-state index in [1.807, 2.05) is 24.4 Å². The molecule has 0 fully saturated rings. The fourth-order valence-electron chi connectivity index (χ4n) is 1.51. The smallest absolute Gasteiger partial charge is 0.0719 e. The van der Waals surface area contributed by atoms with E-state index in [1.54, 1.807) is 0 Å². The second-order valence-corrected chi connectivity index (χ2v) is 3.21. The van der Waals surface area contributed by atoms with Crippen LogP contribution >= 0.6 is 0 Å². The molecule has 0 radical (unpaired) electrons. The number of aromatic nitrogens is 2. The molecular weight excluding hydrogens is 160 g/mol. The molecule has 0 aliphatic rings. The maximum atomic E-state index is 4.30. The summed E-state index contributed by atoms with van der Waals surface area (Å²) < 4.78 is 0. The highest BCUT2D eigenvalue weighted by Gasteiger charge is 2.04. The molecule has 1 N–H and O–H groups in total. The van der Waals surface area contributed by atoms with E-state index >= 15 is 0 Å². The van der Waals surface area contributed by atoms with Crippen LogP contribution in [-0.4, -0.2) is 9.97 Å². The van der Waals surface area contributed by atoms with E-state index in [4.69, 9.17) is 0 Å². The molecule has 2 rings (SSSR count). The van der Waals surface area contributed by atoms with Gasteiger partial charge in [0.2, 0.25) is 0 Å². The van der Waals surface area contributed by atoms with Gasteiger partial charge in [0.1, 0.15) is 0 Å². The van der Waals surface area contributed by atoms with Gasteiger partial charge in [0.05, 0.1) is 5.69 Å². The Balaban J connectivity index is 2.53. The first-order valence-electron chi connectivity index (χ1n) is 4.35. The molecule has 0 atom stereocenters. The Kier molecular flexibility index (Phi) is 1.89. The third-order valence-electron chi connectivity index (χ3n) is 2.09. The summed E-state index contributed by atoms with van der Waals surface area (Å²) in [6, 6.07) is 8.08. The molecule has 13 heavy (non-hydrogen) atoms. The van der Waals surface area contributed by atoms with Crippen molar-refractivity contribution in [1.82, 2.24) is 9.97 Å². The normalized spacial score (nSPS) is 10.3. The molecule has 0 unspecified atom stereocenters. The van der Waals surface area contributed by atoms with Gasteiger partial charge >= 0.3 is 0 Å². The predicted octanol–water partition coefficient (Wildman–Crippen LogP) is 2.69. The summed E-state index contributed by atoms with van der Waals surface area (Å²) in [5, 5.41) is 0. The second-order valence-electron chi connectivity index (χ2n) is 3.21. The van der Waals surface area contributed by atoms with E-state index in [0.717, 1.165) is 5.69 Å². The Labute approximate surface area is 77.6 Å². The van der Waals surface area contributed by atoms with Crippen molar-refractivity contribution in [3.8, 4) is 11.3 Å². The summed E-state index contributed by atoms with van der Waals surface area (Å²) in [6.07, 6.45) is 1.82. The van der Waals surface area contributed by atoms with Crippen molar-refractivity contribution in [3.63, 3.8) is 0 Å². The minimum atomic E-state index is 1.03. The monoisotopic (exact) mass is 172 g/mol. The number of aromatic amines is 1. The average Bonchev–Trinajstić information content (AvgIpc) is 2.47. The van der Waals surface area contributed by atoms with Crippen LogP contribution in [0.1, 0.15) is 11.4 Å². The minimum absolute atomic E-state index is 1.03. The maximum Gasteiger partial charge on any atom is 0.0719 e. The largest absolute Gasteiger partial charge is 0.362 e. The minimum Gasteiger partial charge on any atom is -0.362 e. The van der Waals surface area contributed by atoms with Crippen molar-refractivity contribution in [2.24, 2.45) is 0 Å². The number of hydrogen-bond acceptors (Lipinski definition) is 1. The van der Waals surface area contributed by atoms with Crippen molar-refractivity contribution >= 4 is 0 Å². The van der Waals surface area contributed by atoms with Gasteiger partial charge in [-0.3, -0.25) is 4.98 Å². The van der Waals surface area contributed by atoms with Crippen LogP contribution in [0.5, 0.6) is 0 Å². The topological polar surface area (TPSA) is 28.7 Å². The van der Waals surface area contributed by atoms with Gasteiger partial charge in [-0.2, -0.15) is 0 Å². The standard InChI is InChI=1S/C11H12N2/c1-8-7-10(9(2)13-8)11-5-3-4-6-12-11/h3-7,13H,1-2H3. The van der Waals surface area contributed by atoms with Gasteiger partial charge in [0.25, 0.3) is 0 Å². The quantitative estimate of drug-likeness (QED) is 0.704. The first kappa shape index (κ1) is 8.05. The lowest BCUT2D eigenvalue weighted by Gasteiger charge is -1.96. The summed E-state index contributed by atoms with van der Waals surface area (Å²) in [7, 11) is 0.